The number of amides is 3. The Bertz CT molecular complexity index is 1330. The average molecular weight is 621 g/mol. The first-order chi connectivity index (χ1) is 19.7. The summed E-state index contributed by atoms with van der Waals surface area (Å²) in [5.41, 5.74) is 6.67. The number of nitrogens with zero attached hydrogens (tertiary/aromatic N) is 2. The number of esters is 3. The Morgan fingerprint density at radius 3 is 2.26 bits per heavy atom. The zero-order valence-electron chi connectivity index (χ0n) is 23.4. The molecule has 5 rings (SSSR count). The highest BCUT2D eigenvalue weighted by Crippen LogP contribution is 2.52. The van der Waals surface area contributed by atoms with Crippen molar-refractivity contribution in [3.8, 4) is 0 Å². The summed E-state index contributed by atoms with van der Waals surface area (Å²) in [4.78, 5) is 78.4. The second kappa shape index (κ2) is 11.1. The van der Waals surface area contributed by atoms with Crippen LogP contribution in [0.5, 0.6) is 0 Å². The zero-order valence-corrected chi connectivity index (χ0v) is 25.1. The van der Waals surface area contributed by atoms with Crippen LogP contribution in [-0.4, -0.2) is 97.2 Å². The van der Waals surface area contributed by atoms with Gasteiger partial charge in [0.15, 0.2) is 0 Å². The van der Waals surface area contributed by atoms with Crippen LogP contribution in [-0.2, 0) is 43.0 Å². The van der Waals surface area contributed by atoms with Gasteiger partial charge < -0.3 is 35.1 Å². The quantitative estimate of drug-likeness (QED) is 0.219. The molecule has 0 saturated carbocycles. The molecule has 4 heterocycles. The smallest absolute Gasteiger partial charge is 0.333 e. The van der Waals surface area contributed by atoms with Crippen LogP contribution in [0, 0.1) is 0 Å². The van der Waals surface area contributed by atoms with Crippen LogP contribution in [0.3, 0.4) is 0 Å². The molecule has 3 N–H and O–H groups in total. The van der Waals surface area contributed by atoms with Gasteiger partial charge in [0.2, 0.25) is 24.5 Å². The van der Waals surface area contributed by atoms with Gasteiger partial charge in [-0.2, -0.15) is 0 Å². The Morgan fingerprint density at radius 2 is 1.64 bits per heavy atom. The van der Waals surface area contributed by atoms with Crippen molar-refractivity contribution < 1.29 is 43.0 Å². The van der Waals surface area contributed by atoms with Gasteiger partial charge in [0.25, 0.3) is 0 Å². The number of hydrogen-bond donors (Lipinski definition) is 2. The van der Waals surface area contributed by atoms with E-state index in [1.165, 1.54) is 40.2 Å². The first-order valence-corrected chi connectivity index (χ1v) is 15.1. The molecular formula is C27H32N4O9S2. The van der Waals surface area contributed by atoms with Crippen LogP contribution in [0.25, 0.3) is 0 Å². The first-order valence-electron chi connectivity index (χ1n) is 13.3. The zero-order chi connectivity index (χ0) is 30.6. The molecule has 0 radical (unpaired) electrons. The number of carbonyl (C=O) groups excluding carboxylic acids is 6. The van der Waals surface area contributed by atoms with Crippen LogP contribution in [0.2, 0.25) is 0 Å². The second-order valence-corrected chi connectivity index (χ2v) is 14.7. The van der Waals surface area contributed by atoms with E-state index in [1.807, 2.05) is 0 Å². The highest BCUT2D eigenvalue weighted by Gasteiger charge is 2.65. The lowest BCUT2D eigenvalue weighted by atomic mass is 9.95. The number of fused-ring (bicyclic) bond motifs is 2. The van der Waals surface area contributed by atoms with Crippen molar-refractivity contribution in [2.45, 2.75) is 78.5 Å². The first kappa shape index (κ1) is 30.2. The number of benzene rings is 1. The molecule has 1 unspecified atom stereocenters. The maximum atomic E-state index is 13.2. The molecule has 4 aliphatic heterocycles. The number of nitrogens with two attached hydrogens (primary N) is 1. The van der Waals surface area contributed by atoms with E-state index in [9.17, 15) is 28.8 Å². The van der Waals surface area contributed by atoms with E-state index in [-0.39, 0.29) is 24.3 Å². The van der Waals surface area contributed by atoms with Crippen molar-refractivity contribution in [1.29, 1.82) is 0 Å². The molecule has 15 heteroatoms. The molecule has 1 aromatic carbocycles. The molecule has 0 spiro atoms. The summed E-state index contributed by atoms with van der Waals surface area (Å²) < 4.78 is 14.0. The van der Waals surface area contributed by atoms with E-state index < -0.39 is 75.6 Å². The third-order valence-electron chi connectivity index (χ3n) is 7.80. The van der Waals surface area contributed by atoms with Gasteiger partial charge >= 0.3 is 17.9 Å². The topological polar surface area (TPSA) is 175 Å². The van der Waals surface area contributed by atoms with E-state index in [1.54, 1.807) is 51.1 Å². The fourth-order valence-electron chi connectivity index (χ4n) is 5.68. The van der Waals surface area contributed by atoms with Crippen LogP contribution < -0.4 is 11.1 Å². The van der Waals surface area contributed by atoms with Gasteiger partial charge in [-0.3, -0.25) is 19.2 Å². The van der Waals surface area contributed by atoms with E-state index >= 15 is 0 Å². The highest BCUT2D eigenvalue weighted by atomic mass is 32.2. The monoisotopic (exact) mass is 620 g/mol. The number of nitrogens with one attached hydrogen (secondary N) is 1. The SMILES string of the molecule is CC(=O)OC[C@]1(C)S[C@H]2CC(=O)N2[C@H]1C(=O)OCOC(=O)[C@@H]1N2C(=O)[C@@H](NC(=O)C(N)c3ccccc3)[C@H]2SC1(C)C. The fraction of sp³-hybridized carbons (Fsp3) is 0.556. The standard InChI is InChI=1S/C27H32N4O9S2/c1-13(32)38-11-27(4)20(30-15(33)10-16(30)41-27)25(37)40-12-39-24(36)19-26(2,3)42-23-18(22(35)31(19)23)29-21(34)17(28)14-8-6-5-7-9-14/h5-9,16-20,23H,10-12,28H2,1-4H3,(H,29,34)/t16-,17?,18+,19-,20-,23+,27-/m0/s1. The number of carbonyl (C=O) groups is 6. The predicted molar refractivity (Wildman–Crippen MR) is 150 cm³/mol. The van der Waals surface area contributed by atoms with Gasteiger partial charge in [0.1, 0.15) is 36.1 Å². The predicted octanol–water partition coefficient (Wildman–Crippen LogP) is 0.273. The number of rotatable bonds is 9. The Hall–Kier alpha value is -3.30. The van der Waals surface area contributed by atoms with Crippen molar-refractivity contribution in [1.82, 2.24) is 15.1 Å². The minimum atomic E-state index is -1.03. The molecular weight excluding hydrogens is 588 g/mol. The maximum absolute atomic E-state index is 13.2. The van der Waals surface area contributed by atoms with Gasteiger partial charge in [-0.25, -0.2) is 9.59 Å². The molecule has 226 valence electrons. The van der Waals surface area contributed by atoms with Crippen molar-refractivity contribution in [3.05, 3.63) is 35.9 Å². The lowest BCUT2D eigenvalue weighted by Crippen LogP contribution is -2.71. The van der Waals surface area contributed by atoms with Gasteiger partial charge in [0.05, 0.1) is 16.5 Å². The van der Waals surface area contributed by atoms with Crippen LogP contribution in [0.1, 0.15) is 45.7 Å². The third kappa shape index (κ3) is 5.22. The van der Waals surface area contributed by atoms with Gasteiger partial charge in [0, 0.05) is 11.7 Å². The van der Waals surface area contributed by atoms with Crippen LogP contribution in [0.15, 0.2) is 30.3 Å². The van der Waals surface area contributed by atoms with Gasteiger partial charge in [-0.05, 0) is 26.3 Å². The molecule has 1 aromatic rings. The lowest BCUT2D eigenvalue weighted by Gasteiger charge is -2.44. The Morgan fingerprint density at radius 1 is 1.00 bits per heavy atom. The molecule has 0 bridgehead atoms. The summed E-state index contributed by atoms with van der Waals surface area (Å²) in [7, 11) is 0. The van der Waals surface area contributed by atoms with E-state index in [0.717, 1.165) is 0 Å². The molecule has 7 atom stereocenters. The molecule has 3 amide bonds. The summed E-state index contributed by atoms with van der Waals surface area (Å²) in [6.45, 7) is 5.68. The average Bonchev–Trinajstić information content (AvgIpc) is 3.34. The summed E-state index contributed by atoms with van der Waals surface area (Å²) >= 11 is 2.70. The van der Waals surface area contributed by atoms with Crippen LogP contribution >= 0.6 is 23.5 Å². The molecule has 4 fully saturated rings. The Balaban J connectivity index is 1.18. The Kier molecular flexibility index (Phi) is 7.96. The molecule has 0 aromatic heterocycles. The van der Waals surface area contributed by atoms with Crippen molar-refractivity contribution in [2.75, 3.05) is 13.4 Å². The largest absolute Gasteiger partial charge is 0.464 e. The minimum Gasteiger partial charge on any atom is -0.464 e. The van der Waals surface area contributed by atoms with Gasteiger partial charge in [-0.1, -0.05) is 30.3 Å². The van der Waals surface area contributed by atoms with Crippen LogP contribution in [0.4, 0.5) is 0 Å². The molecule has 4 aliphatic rings. The number of ether oxygens (including phenoxy) is 3. The van der Waals surface area contributed by atoms with Gasteiger partial charge in [-0.15, -0.1) is 23.5 Å². The summed E-state index contributed by atoms with van der Waals surface area (Å²) in [5.74, 6) is -3.27. The van der Waals surface area contributed by atoms with Crippen molar-refractivity contribution in [3.63, 3.8) is 0 Å². The summed E-state index contributed by atoms with van der Waals surface area (Å²) in [6, 6.07) is 4.92. The Labute approximate surface area is 250 Å². The van der Waals surface area contributed by atoms with Crippen molar-refractivity contribution >= 4 is 59.2 Å². The maximum Gasteiger partial charge on any atom is 0.333 e. The normalized spacial score (nSPS) is 31.2. The molecule has 42 heavy (non-hydrogen) atoms. The second-order valence-electron chi connectivity index (χ2n) is 11.3. The molecule has 0 aliphatic carbocycles. The fourth-order valence-corrected chi connectivity index (χ4v) is 8.97. The molecule has 13 nitrogen and oxygen atoms in total. The minimum absolute atomic E-state index is 0.104. The number of thioether (sulfide) groups is 2. The summed E-state index contributed by atoms with van der Waals surface area (Å²) in [5, 5.41) is 1.96. The van der Waals surface area contributed by atoms with E-state index in [0.29, 0.717) is 5.56 Å². The summed E-state index contributed by atoms with van der Waals surface area (Å²) in [6.07, 6.45) is 0.262. The number of hydrogen-bond acceptors (Lipinski definition) is 12. The number of β-lactam (4-membered cyclic amide) rings is 2. The van der Waals surface area contributed by atoms with E-state index in [4.69, 9.17) is 19.9 Å². The van der Waals surface area contributed by atoms with Crippen molar-refractivity contribution in [2.24, 2.45) is 5.73 Å². The highest BCUT2D eigenvalue weighted by molar-refractivity contribution is 8.02. The third-order valence-corrected chi connectivity index (χ3v) is 10.9. The lowest BCUT2D eigenvalue weighted by molar-refractivity contribution is -0.182. The molecule has 4 saturated heterocycles. The van der Waals surface area contributed by atoms with E-state index in [2.05, 4.69) is 5.32 Å².